The third kappa shape index (κ3) is 2.13. The number of nitrogen functional groups attached to an aromatic ring is 1. The molecule has 2 aromatic carbocycles. The first-order valence-electron chi connectivity index (χ1n) is 6.05. The van der Waals surface area contributed by atoms with Crippen LogP contribution in [0.5, 0.6) is 0 Å². The van der Waals surface area contributed by atoms with E-state index in [1.807, 2.05) is 26.0 Å². The molecule has 0 radical (unpaired) electrons. The topological polar surface area (TPSA) is 56.7 Å². The van der Waals surface area contributed by atoms with E-state index in [1.54, 1.807) is 0 Å². The van der Waals surface area contributed by atoms with Crippen molar-refractivity contribution in [2.24, 2.45) is 0 Å². The summed E-state index contributed by atoms with van der Waals surface area (Å²) < 4.78 is 14.7. The summed E-state index contributed by atoms with van der Waals surface area (Å²) in [6.45, 7) is 4.08. The zero-order valence-corrected chi connectivity index (χ0v) is 13.1. The van der Waals surface area contributed by atoms with Crippen LogP contribution in [-0.2, 0) is 0 Å². The predicted octanol–water partition coefficient (Wildman–Crippen LogP) is 3.36. The Morgan fingerprint density at radius 1 is 1.05 bits per heavy atom. The predicted molar refractivity (Wildman–Crippen MR) is 85.4 cm³/mol. The van der Waals surface area contributed by atoms with Crippen LogP contribution in [0.15, 0.2) is 24.3 Å². The van der Waals surface area contributed by atoms with Gasteiger partial charge in [0, 0.05) is 9.64 Å². The normalized spacial score (nSPS) is 11.2. The maximum absolute atomic E-state index is 13.4. The molecule has 102 valence electrons. The quantitative estimate of drug-likeness (QED) is 0.519. The van der Waals surface area contributed by atoms with Crippen molar-refractivity contribution >= 4 is 39.3 Å². The Balaban J connectivity index is 2.20. The minimum absolute atomic E-state index is 0.0829. The van der Waals surface area contributed by atoms with Gasteiger partial charge in [-0.1, -0.05) is 0 Å². The van der Waals surface area contributed by atoms with Gasteiger partial charge >= 0.3 is 0 Å². The van der Waals surface area contributed by atoms with Crippen molar-refractivity contribution in [1.82, 2.24) is 15.0 Å². The summed E-state index contributed by atoms with van der Waals surface area (Å²) in [6.07, 6.45) is 0. The number of aromatic nitrogens is 3. The van der Waals surface area contributed by atoms with E-state index in [-0.39, 0.29) is 5.69 Å². The smallest absolute Gasteiger partial charge is 0.148 e. The average Bonchev–Trinajstić information content (AvgIpc) is 2.79. The molecular weight excluding hydrogens is 370 g/mol. The molecule has 4 nitrogen and oxygen atoms in total. The highest BCUT2D eigenvalue weighted by atomic mass is 127. The summed E-state index contributed by atoms with van der Waals surface area (Å²) in [5, 5.41) is 8.66. The molecule has 2 N–H and O–H groups in total. The van der Waals surface area contributed by atoms with Crippen molar-refractivity contribution in [3.63, 3.8) is 0 Å². The number of benzene rings is 2. The first-order valence-corrected chi connectivity index (χ1v) is 7.13. The largest absolute Gasteiger partial charge is 0.396 e. The van der Waals surface area contributed by atoms with Gasteiger partial charge in [0.05, 0.1) is 11.4 Å². The second-order valence-corrected chi connectivity index (χ2v) is 5.82. The van der Waals surface area contributed by atoms with Crippen molar-refractivity contribution in [2.75, 3.05) is 5.73 Å². The van der Waals surface area contributed by atoms with Gasteiger partial charge in [0.2, 0.25) is 0 Å². The number of aryl methyl sites for hydroxylation is 2. The fourth-order valence-electron chi connectivity index (χ4n) is 2.11. The number of nitrogens with zero attached hydrogens (tertiary/aromatic N) is 3. The van der Waals surface area contributed by atoms with Crippen LogP contribution in [0.3, 0.4) is 0 Å². The van der Waals surface area contributed by atoms with E-state index in [0.717, 1.165) is 16.8 Å². The van der Waals surface area contributed by atoms with Crippen LogP contribution >= 0.6 is 22.6 Å². The molecule has 0 amide bonds. The van der Waals surface area contributed by atoms with E-state index in [0.29, 0.717) is 11.0 Å². The number of halogens is 2. The Labute approximate surface area is 128 Å². The monoisotopic (exact) mass is 382 g/mol. The fraction of sp³-hybridized carbons (Fsp3) is 0.143. The molecule has 0 aliphatic carbocycles. The first-order chi connectivity index (χ1) is 9.45. The van der Waals surface area contributed by atoms with Crippen LogP contribution in [0.25, 0.3) is 16.7 Å². The van der Waals surface area contributed by atoms with Gasteiger partial charge in [-0.25, -0.2) is 4.39 Å². The third-order valence-corrected chi connectivity index (χ3v) is 4.85. The standard InChI is InChI=1S/C14H12FIN4/c1-7-3-9(4-8(2)14(7)16)20-18-12-5-10(15)11(17)6-13(12)19-20/h3-6H,17H2,1-2H3. The summed E-state index contributed by atoms with van der Waals surface area (Å²) in [5.41, 5.74) is 9.88. The van der Waals surface area contributed by atoms with E-state index < -0.39 is 5.82 Å². The van der Waals surface area contributed by atoms with Crippen molar-refractivity contribution < 1.29 is 4.39 Å². The SMILES string of the molecule is Cc1cc(-n2nc3cc(N)c(F)cc3n2)cc(C)c1I. The molecule has 3 rings (SSSR count). The zero-order chi connectivity index (χ0) is 14.4. The van der Waals surface area contributed by atoms with Gasteiger partial charge in [-0.3, -0.25) is 0 Å². The van der Waals surface area contributed by atoms with Gasteiger partial charge in [0.25, 0.3) is 0 Å². The van der Waals surface area contributed by atoms with E-state index in [4.69, 9.17) is 5.73 Å². The van der Waals surface area contributed by atoms with Gasteiger partial charge in [-0.2, -0.15) is 4.80 Å². The van der Waals surface area contributed by atoms with Gasteiger partial charge in [-0.15, -0.1) is 10.2 Å². The Kier molecular flexibility index (Phi) is 3.12. The molecule has 0 atom stereocenters. The second kappa shape index (κ2) is 4.69. The molecule has 1 aromatic heterocycles. The lowest BCUT2D eigenvalue weighted by atomic mass is 10.1. The van der Waals surface area contributed by atoms with E-state index in [1.165, 1.54) is 20.5 Å². The zero-order valence-electron chi connectivity index (χ0n) is 11.0. The molecule has 1 heterocycles. The summed E-state index contributed by atoms with van der Waals surface area (Å²) in [4.78, 5) is 1.51. The van der Waals surface area contributed by atoms with Gasteiger partial charge in [0.15, 0.2) is 0 Å². The van der Waals surface area contributed by atoms with Crippen molar-refractivity contribution in [3.8, 4) is 5.69 Å². The lowest BCUT2D eigenvalue weighted by molar-refractivity contribution is 0.634. The number of anilines is 1. The van der Waals surface area contributed by atoms with E-state index in [2.05, 4.69) is 32.8 Å². The molecule has 0 spiro atoms. The molecule has 0 saturated heterocycles. The number of hydrogen-bond donors (Lipinski definition) is 1. The van der Waals surface area contributed by atoms with Crippen LogP contribution < -0.4 is 5.73 Å². The minimum Gasteiger partial charge on any atom is -0.396 e. The third-order valence-electron chi connectivity index (χ3n) is 3.15. The molecule has 20 heavy (non-hydrogen) atoms. The van der Waals surface area contributed by atoms with Crippen LogP contribution in [-0.4, -0.2) is 15.0 Å². The van der Waals surface area contributed by atoms with Crippen molar-refractivity contribution in [1.29, 1.82) is 0 Å². The molecule has 0 bridgehead atoms. The Hall–Kier alpha value is -1.70. The summed E-state index contributed by atoms with van der Waals surface area (Å²) in [6, 6.07) is 6.82. The number of hydrogen-bond acceptors (Lipinski definition) is 3. The maximum atomic E-state index is 13.4. The maximum Gasteiger partial charge on any atom is 0.148 e. The van der Waals surface area contributed by atoms with Crippen molar-refractivity contribution in [2.45, 2.75) is 13.8 Å². The van der Waals surface area contributed by atoms with Crippen LogP contribution in [0.2, 0.25) is 0 Å². The van der Waals surface area contributed by atoms with Crippen molar-refractivity contribution in [3.05, 3.63) is 44.8 Å². The van der Waals surface area contributed by atoms with Gasteiger partial charge < -0.3 is 5.73 Å². The average molecular weight is 382 g/mol. The fourth-order valence-corrected chi connectivity index (χ4v) is 2.42. The van der Waals surface area contributed by atoms with Crippen LogP contribution in [0.4, 0.5) is 10.1 Å². The molecule has 0 fully saturated rings. The van der Waals surface area contributed by atoms with E-state index in [9.17, 15) is 4.39 Å². The second-order valence-electron chi connectivity index (χ2n) is 4.75. The van der Waals surface area contributed by atoms with E-state index >= 15 is 0 Å². The lowest BCUT2D eigenvalue weighted by Gasteiger charge is -2.06. The molecular formula is C14H12FIN4. The minimum atomic E-state index is -0.473. The number of fused-ring (bicyclic) bond motifs is 1. The number of nitrogens with two attached hydrogens (primary N) is 1. The molecule has 0 aliphatic heterocycles. The molecule has 0 aliphatic rings. The summed E-state index contributed by atoms with van der Waals surface area (Å²) in [5.74, 6) is -0.473. The van der Waals surface area contributed by atoms with Crippen LogP contribution in [0, 0.1) is 23.2 Å². The molecule has 6 heteroatoms. The number of rotatable bonds is 1. The Morgan fingerprint density at radius 3 is 2.20 bits per heavy atom. The Morgan fingerprint density at radius 2 is 1.60 bits per heavy atom. The lowest BCUT2D eigenvalue weighted by Crippen LogP contribution is -2.01. The first kappa shape index (κ1) is 13.3. The Bertz CT molecular complexity index is 763. The summed E-state index contributed by atoms with van der Waals surface area (Å²) >= 11 is 2.31. The highest BCUT2D eigenvalue weighted by Crippen LogP contribution is 2.22. The summed E-state index contributed by atoms with van der Waals surface area (Å²) in [7, 11) is 0. The highest BCUT2D eigenvalue weighted by molar-refractivity contribution is 14.1. The van der Waals surface area contributed by atoms with Gasteiger partial charge in [0.1, 0.15) is 16.9 Å². The molecule has 0 saturated carbocycles. The van der Waals surface area contributed by atoms with Gasteiger partial charge in [-0.05, 0) is 65.8 Å². The van der Waals surface area contributed by atoms with Crippen LogP contribution in [0.1, 0.15) is 11.1 Å². The molecule has 0 unspecified atom stereocenters. The highest BCUT2D eigenvalue weighted by Gasteiger charge is 2.10. The molecule has 3 aromatic rings.